The molecule has 174 valence electrons. The molecule has 0 radical (unpaired) electrons. The van der Waals surface area contributed by atoms with E-state index >= 15 is 0 Å². The third-order valence-corrected chi connectivity index (χ3v) is 7.25. The number of hydrogen-bond donors (Lipinski definition) is 3. The van der Waals surface area contributed by atoms with Crippen molar-refractivity contribution in [3.8, 4) is 0 Å². The van der Waals surface area contributed by atoms with E-state index in [9.17, 15) is 19.2 Å². The van der Waals surface area contributed by atoms with Gasteiger partial charge < -0.3 is 10.2 Å². The zero-order valence-electron chi connectivity index (χ0n) is 18.5. The summed E-state index contributed by atoms with van der Waals surface area (Å²) in [7, 11) is 0. The molecule has 2 aromatic rings. The Kier molecular flexibility index (Phi) is 6.40. The lowest BCUT2D eigenvalue weighted by atomic mass is 10.0. The Labute approximate surface area is 199 Å². The summed E-state index contributed by atoms with van der Waals surface area (Å²) in [6.07, 6.45) is 0.516. The molecule has 0 bridgehead atoms. The average molecular weight is 490 g/mol. The van der Waals surface area contributed by atoms with Crippen LogP contribution in [0.4, 0.5) is 10.6 Å². The van der Waals surface area contributed by atoms with Crippen LogP contribution in [-0.4, -0.2) is 39.7 Å². The van der Waals surface area contributed by atoms with Crippen LogP contribution in [0.1, 0.15) is 64.7 Å². The van der Waals surface area contributed by atoms with Gasteiger partial charge in [0.1, 0.15) is 11.9 Å². The molecular formula is C22H24ClN5O4S. The highest BCUT2D eigenvalue weighted by Gasteiger charge is 2.40. The molecule has 1 saturated heterocycles. The van der Waals surface area contributed by atoms with Crippen LogP contribution in [0, 0.1) is 6.92 Å². The molecular weight excluding hydrogens is 466 g/mol. The normalized spacial score (nSPS) is 17.9. The number of fused-ring (bicyclic) bond motifs is 1. The summed E-state index contributed by atoms with van der Waals surface area (Å²) < 4.78 is 0. The van der Waals surface area contributed by atoms with Crippen LogP contribution < -0.4 is 16.0 Å². The number of carbonyl (C=O) groups excluding carboxylic acids is 4. The number of aromatic nitrogens is 1. The summed E-state index contributed by atoms with van der Waals surface area (Å²) in [4.78, 5) is 55.7. The third kappa shape index (κ3) is 4.58. The van der Waals surface area contributed by atoms with Crippen LogP contribution in [0.5, 0.6) is 0 Å². The molecule has 2 aliphatic rings. The predicted octanol–water partition coefficient (Wildman–Crippen LogP) is 3.31. The van der Waals surface area contributed by atoms with Crippen LogP contribution >= 0.6 is 22.9 Å². The fourth-order valence-corrected chi connectivity index (χ4v) is 5.27. The molecule has 33 heavy (non-hydrogen) atoms. The molecule has 1 atom stereocenters. The van der Waals surface area contributed by atoms with Gasteiger partial charge >= 0.3 is 6.03 Å². The smallest absolute Gasteiger partial charge is 0.320 e. The van der Waals surface area contributed by atoms with Crippen LogP contribution in [-0.2, 0) is 22.7 Å². The number of hydrogen-bond acceptors (Lipinski definition) is 6. The number of pyridine rings is 1. The van der Waals surface area contributed by atoms with Crippen molar-refractivity contribution in [1.29, 1.82) is 0 Å². The second-order valence-corrected chi connectivity index (χ2v) is 9.78. The minimum Gasteiger partial charge on any atom is -0.333 e. The number of halogens is 1. The first-order chi connectivity index (χ1) is 15.7. The molecule has 0 aromatic carbocycles. The van der Waals surface area contributed by atoms with Gasteiger partial charge in [0.25, 0.3) is 5.91 Å². The first kappa shape index (κ1) is 23.2. The summed E-state index contributed by atoms with van der Waals surface area (Å²) in [5.74, 6) is -0.477. The summed E-state index contributed by atoms with van der Waals surface area (Å²) >= 11 is 7.67. The van der Waals surface area contributed by atoms with Gasteiger partial charge in [-0.2, -0.15) is 0 Å². The molecule has 4 rings (SSSR count). The van der Waals surface area contributed by atoms with Gasteiger partial charge in [0.05, 0.1) is 12.1 Å². The van der Waals surface area contributed by atoms with E-state index in [1.807, 2.05) is 20.8 Å². The monoisotopic (exact) mass is 489 g/mol. The SMILES string of the molecule is Cc1c(Cl)cc(NC(=O)NCc2scc3c2CN(C2CCC(=O)NC2=O)C3=O)nc1C(C)C. The molecule has 3 N–H and O–H groups in total. The summed E-state index contributed by atoms with van der Waals surface area (Å²) in [5.41, 5.74) is 3.04. The lowest BCUT2D eigenvalue weighted by Gasteiger charge is -2.29. The summed E-state index contributed by atoms with van der Waals surface area (Å²) in [5, 5.41) is 10.1. The van der Waals surface area contributed by atoms with Crippen molar-refractivity contribution in [3.05, 3.63) is 43.7 Å². The highest BCUT2D eigenvalue weighted by Crippen LogP contribution is 2.33. The second-order valence-electron chi connectivity index (χ2n) is 8.41. The van der Waals surface area contributed by atoms with E-state index in [1.54, 1.807) is 11.4 Å². The molecule has 1 fully saturated rings. The number of thiophene rings is 1. The van der Waals surface area contributed by atoms with Crippen molar-refractivity contribution in [3.63, 3.8) is 0 Å². The van der Waals surface area contributed by atoms with Crippen LogP contribution in [0.15, 0.2) is 11.4 Å². The Morgan fingerprint density at radius 1 is 1.36 bits per heavy atom. The van der Waals surface area contributed by atoms with E-state index in [2.05, 4.69) is 20.9 Å². The van der Waals surface area contributed by atoms with E-state index in [-0.39, 0.29) is 37.2 Å². The fraction of sp³-hybridized carbons (Fsp3) is 0.409. The standard InChI is InChI=1S/C22H24ClN5O4S/c1-10(2)19-11(3)14(23)6-17(25-19)26-22(32)24-7-16-12-8-28(21(31)13(12)9-33-16)15-4-5-18(29)27-20(15)30/h6,9-10,15H,4-5,7-8H2,1-3H3,(H,27,29,30)(H2,24,25,26,32). The molecule has 11 heteroatoms. The van der Waals surface area contributed by atoms with Crippen molar-refractivity contribution in [2.75, 3.05) is 5.32 Å². The van der Waals surface area contributed by atoms with Crippen LogP contribution in [0.25, 0.3) is 0 Å². The molecule has 1 unspecified atom stereocenters. The predicted molar refractivity (Wildman–Crippen MR) is 124 cm³/mol. The van der Waals surface area contributed by atoms with Crippen molar-refractivity contribution >= 4 is 52.5 Å². The van der Waals surface area contributed by atoms with Crippen LogP contribution in [0.2, 0.25) is 5.02 Å². The maximum absolute atomic E-state index is 12.8. The van der Waals surface area contributed by atoms with Gasteiger partial charge in [-0.15, -0.1) is 11.3 Å². The molecule has 5 amide bonds. The number of piperidine rings is 1. The molecule has 9 nitrogen and oxygen atoms in total. The number of nitrogens with zero attached hydrogens (tertiary/aromatic N) is 2. The van der Waals surface area contributed by atoms with Crippen molar-refractivity contribution in [2.45, 2.75) is 58.7 Å². The van der Waals surface area contributed by atoms with Crippen molar-refractivity contribution in [2.24, 2.45) is 0 Å². The lowest BCUT2D eigenvalue weighted by molar-refractivity contribution is -0.136. The molecule has 0 aliphatic carbocycles. The quantitative estimate of drug-likeness (QED) is 0.556. The first-order valence-corrected chi connectivity index (χ1v) is 11.9. The Hall–Kier alpha value is -2.98. The van der Waals surface area contributed by atoms with Gasteiger partial charge in [-0.1, -0.05) is 25.4 Å². The van der Waals surface area contributed by atoms with E-state index in [1.165, 1.54) is 16.2 Å². The number of urea groups is 1. The van der Waals surface area contributed by atoms with Gasteiger partial charge in [-0.3, -0.25) is 25.0 Å². The number of rotatable bonds is 5. The minimum atomic E-state index is -0.663. The number of imide groups is 1. The van der Waals surface area contributed by atoms with Gasteiger partial charge in [-0.05, 0) is 36.5 Å². The molecule has 4 heterocycles. The molecule has 0 saturated carbocycles. The number of amides is 5. The molecule has 0 spiro atoms. The minimum absolute atomic E-state index is 0.158. The number of nitrogens with one attached hydrogen (secondary N) is 3. The highest BCUT2D eigenvalue weighted by molar-refractivity contribution is 7.10. The first-order valence-electron chi connectivity index (χ1n) is 10.6. The Balaban J connectivity index is 1.40. The van der Waals surface area contributed by atoms with Crippen LogP contribution in [0.3, 0.4) is 0 Å². The van der Waals surface area contributed by atoms with E-state index in [0.717, 1.165) is 21.7 Å². The van der Waals surface area contributed by atoms with E-state index in [4.69, 9.17) is 11.6 Å². The maximum Gasteiger partial charge on any atom is 0.320 e. The topological polar surface area (TPSA) is 120 Å². The highest BCUT2D eigenvalue weighted by atomic mass is 35.5. The number of carbonyl (C=O) groups is 4. The zero-order valence-corrected chi connectivity index (χ0v) is 20.0. The maximum atomic E-state index is 12.8. The second kappa shape index (κ2) is 9.11. The van der Waals surface area contributed by atoms with E-state index < -0.39 is 18.0 Å². The summed E-state index contributed by atoms with van der Waals surface area (Å²) in [6, 6.07) is 0.511. The average Bonchev–Trinajstić information content (AvgIpc) is 3.29. The molecule has 2 aromatic heterocycles. The van der Waals surface area contributed by atoms with Gasteiger partial charge in [-0.25, -0.2) is 9.78 Å². The Morgan fingerprint density at radius 3 is 2.82 bits per heavy atom. The lowest BCUT2D eigenvalue weighted by Crippen LogP contribution is -2.52. The van der Waals surface area contributed by atoms with Crippen molar-refractivity contribution < 1.29 is 19.2 Å². The Morgan fingerprint density at radius 2 is 2.12 bits per heavy atom. The summed E-state index contributed by atoms with van der Waals surface area (Å²) in [6.45, 7) is 6.40. The van der Waals surface area contributed by atoms with E-state index in [0.29, 0.717) is 22.8 Å². The fourth-order valence-electron chi connectivity index (χ4n) is 4.10. The largest absolute Gasteiger partial charge is 0.333 e. The zero-order chi connectivity index (χ0) is 23.9. The molecule has 2 aliphatic heterocycles. The number of anilines is 1. The van der Waals surface area contributed by atoms with Gasteiger partial charge in [0, 0.05) is 33.9 Å². The van der Waals surface area contributed by atoms with Gasteiger partial charge in [0.2, 0.25) is 11.8 Å². The van der Waals surface area contributed by atoms with Gasteiger partial charge in [0.15, 0.2) is 0 Å². The third-order valence-electron chi connectivity index (χ3n) is 5.83. The Bertz CT molecular complexity index is 1160. The van der Waals surface area contributed by atoms with Crippen molar-refractivity contribution in [1.82, 2.24) is 20.5 Å².